The minimum Gasteiger partial charge on any atom is -0.396 e. The third kappa shape index (κ3) is 4.01. The summed E-state index contributed by atoms with van der Waals surface area (Å²) in [5, 5.41) is 10.8. The second-order valence-electron chi connectivity index (χ2n) is 8.55. The van der Waals surface area contributed by atoms with Crippen LogP contribution in [0, 0.1) is 5.41 Å². The molecule has 0 saturated carbocycles. The lowest BCUT2D eigenvalue weighted by atomic mass is 9.73. The van der Waals surface area contributed by atoms with Crippen LogP contribution in [-0.4, -0.2) is 34.0 Å². The molecule has 2 heterocycles. The summed E-state index contributed by atoms with van der Waals surface area (Å²) in [6, 6.07) is 18.6. The van der Waals surface area contributed by atoms with Gasteiger partial charge in [0.25, 0.3) is 0 Å². The van der Waals surface area contributed by atoms with Crippen LogP contribution >= 0.6 is 0 Å². The zero-order valence-electron chi connectivity index (χ0n) is 17.9. The maximum absolute atomic E-state index is 13.6. The lowest BCUT2D eigenvalue weighted by molar-refractivity contribution is -0.148. The molecular weight excluding hydrogens is 372 g/mol. The van der Waals surface area contributed by atoms with E-state index in [0.717, 1.165) is 44.2 Å². The van der Waals surface area contributed by atoms with Crippen molar-refractivity contribution in [1.29, 1.82) is 0 Å². The van der Waals surface area contributed by atoms with E-state index < -0.39 is 0 Å². The number of amides is 1. The number of piperidine rings is 1. The van der Waals surface area contributed by atoms with E-state index in [9.17, 15) is 9.90 Å². The van der Waals surface area contributed by atoms with Crippen LogP contribution in [0.25, 0.3) is 10.9 Å². The van der Waals surface area contributed by atoms with Gasteiger partial charge in [0.05, 0.1) is 0 Å². The van der Waals surface area contributed by atoms with Crippen molar-refractivity contribution in [3.8, 4) is 0 Å². The summed E-state index contributed by atoms with van der Waals surface area (Å²) in [5.74, 6) is 0.305. The summed E-state index contributed by atoms with van der Waals surface area (Å²) in [5.41, 5.74) is 4.39. The summed E-state index contributed by atoms with van der Waals surface area (Å²) in [6.45, 7) is 3.84. The van der Waals surface area contributed by atoms with Gasteiger partial charge in [-0.3, -0.25) is 4.79 Å². The maximum Gasteiger partial charge on any atom is 0.229 e. The highest BCUT2D eigenvalue weighted by Crippen LogP contribution is 2.40. The molecule has 1 aromatic heterocycles. The molecule has 1 atom stereocenters. The van der Waals surface area contributed by atoms with Crippen molar-refractivity contribution in [1.82, 2.24) is 9.88 Å². The number of fused-ring (bicyclic) bond motifs is 1. The normalized spacial score (nSPS) is 19.5. The molecule has 4 heteroatoms. The van der Waals surface area contributed by atoms with E-state index in [0.29, 0.717) is 18.9 Å². The number of aromatic amines is 1. The topological polar surface area (TPSA) is 56.3 Å². The summed E-state index contributed by atoms with van der Waals surface area (Å²) < 4.78 is 0. The Bertz CT molecular complexity index is 995. The molecular formula is C26H32N2O2. The highest BCUT2D eigenvalue weighted by molar-refractivity contribution is 5.85. The molecule has 0 bridgehead atoms. The number of aryl methyl sites for hydroxylation is 1. The van der Waals surface area contributed by atoms with Crippen LogP contribution in [0.2, 0.25) is 0 Å². The van der Waals surface area contributed by atoms with Crippen LogP contribution in [-0.2, 0) is 24.2 Å². The SMILES string of the molecule is CCC1(CCc2[nH]c3ccccc3c2CCO)CCCN(Cc2ccccc2)C1=O. The molecule has 0 aliphatic carbocycles. The van der Waals surface area contributed by atoms with E-state index in [1.54, 1.807) is 0 Å². The number of hydrogen-bond acceptors (Lipinski definition) is 2. The van der Waals surface area contributed by atoms with Crippen molar-refractivity contribution in [3.63, 3.8) is 0 Å². The first-order valence-electron chi connectivity index (χ1n) is 11.2. The largest absolute Gasteiger partial charge is 0.396 e. The third-order valence-electron chi connectivity index (χ3n) is 6.83. The fourth-order valence-electron chi connectivity index (χ4n) is 5.07. The van der Waals surface area contributed by atoms with Crippen molar-refractivity contribution in [3.05, 3.63) is 71.4 Å². The molecule has 1 amide bonds. The summed E-state index contributed by atoms with van der Waals surface area (Å²) in [6.07, 6.45) is 5.21. The van der Waals surface area contributed by atoms with Crippen molar-refractivity contribution in [2.45, 2.75) is 52.0 Å². The van der Waals surface area contributed by atoms with Crippen LogP contribution in [0.4, 0.5) is 0 Å². The van der Waals surface area contributed by atoms with Gasteiger partial charge in [-0.05, 0) is 55.7 Å². The lowest BCUT2D eigenvalue weighted by Crippen LogP contribution is -2.48. The number of likely N-dealkylation sites (tertiary alicyclic amines) is 1. The van der Waals surface area contributed by atoms with E-state index in [4.69, 9.17) is 0 Å². The van der Waals surface area contributed by atoms with Gasteiger partial charge in [-0.1, -0.05) is 55.5 Å². The number of benzene rings is 2. The van der Waals surface area contributed by atoms with E-state index in [1.807, 2.05) is 30.3 Å². The molecule has 0 radical (unpaired) electrons. The number of aliphatic hydroxyl groups excluding tert-OH is 1. The highest BCUT2D eigenvalue weighted by Gasteiger charge is 2.42. The molecule has 4 rings (SSSR count). The minimum absolute atomic E-state index is 0.136. The van der Waals surface area contributed by atoms with Gasteiger partial charge in [0, 0.05) is 41.7 Å². The Kier molecular flexibility index (Phi) is 6.24. The second-order valence-corrected chi connectivity index (χ2v) is 8.55. The number of rotatable bonds is 8. The number of H-pyrrole nitrogens is 1. The number of nitrogens with one attached hydrogen (secondary N) is 1. The standard InChI is InChI=1S/C26H32N2O2/c1-2-26(15-8-17-28(25(26)30)19-20-9-4-3-5-10-20)16-13-24-22(14-18-29)21-11-6-7-12-23(21)27-24/h3-7,9-12,27,29H,2,8,13-19H2,1H3. The van der Waals surface area contributed by atoms with Gasteiger partial charge >= 0.3 is 0 Å². The molecule has 30 heavy (non-hydrogen) atoms. The summed E-state index contributed by atoms with van der Waals surface area (Å²) >= 11 is 0. The maximum atomic E-state index is 13.6. The van der Waals surface area contributed by atoms with Gasteiger partial charge in [0.2, 0.25) is 5.91 Å². The average Bonchev–Trinajstić information content (AvgIpc) is 3.13. The van der Waals surface area contributed by atoms with E-state index >= 15 is 0 Å². The quantitative estimate of drug-likeness (QED) is 0.564. The molecule has 1 unspecified atom stereocenters. The van der Waals surface area contributed by atoms with Gasteiger partial charge in [-0.15, -0.1) is 0 Å². The zero-order chi connectivity index (χ0) is 21.0. The van der Waals surface area contributed by atoms with Crippen LogP contribution in [0.15, 0.2) is 54.6 Å². The van der Waals surface area contributed by atoms with Crippen LogP contribution in [0.5, 0.6) is 0 Å². The first kappa shape index (κ1) is 20.7. The fraction of sp³-hybridized carbons (Fsp3) is 0.423. The summed E-state index contributed by atoms with van der Waals surface area (Å²) in [7, 11) is 0. The molecule has 2 N–H and O–H groups in total. The Morgan fingerprint density at radius 3 is 2.60 bits per heavy atom. The van der Waals surface area contributed by atoms with Crippen molar-refractivity contribution in [2.24, 2.45) is 5.41 Å². The fourth-order valence-corrected chi connectivity index (χ4v) is 5.07. The first-order chi connectivity index (χ1) is 14.7. The average molecular weight is 405 g/mol. The highest BCUT2D eigenvalue weighted by atomic mass is 16.3. The second kappa shape index (κ2) is 9.05. The number of aliphatic hydroxyl groups is 1. The van der Waals surface area contributed by atoms with E-state index in [2.05, 4.69) is 41.1 Å². The van der Waals surface area contributed by atoms with Gasteiger partial charge in [-0.25, -0.2) is 0 Å². The van der Waals surface area contributed by atoms with E-state index in [1.165, 1.54) is 22.2 Å². The molecule has 0 spiro atoms. The molecule has 158 valence electrons. The molecule has 2 aromatic carbocycles. The van der Waals surface area contributed by atoms with Gasteiger partial charge in [0.1, 0.15) is 0 Å². The number of carbonyl (C=O) groups excluding carboxylic acids is 1. The first-order valence-corrected chi connectivity index (χ1v) is 11.2. The molecule has 4 nitrogen and oxygen atoms in total. The summed E-state index contributed by atoms with van der Waals surface area (Å²) in [4.78, 5) is 19.2. The predicted molar refractivity (Wildman–Crippen MR) is 121 cm³/mol. The molecule has 1 saturated heterocycles. The van der Waals surface area contributed by atoms with Crippen LogP contribution in [0.3, 0.4) is 0 Å². The molecule has 1 aliphatic rings. The van der Waals surface area contributed by atoms with Crippen LogP contribution in [0.1, 0.15) is 49.4 Å². The van der Waals surface area contributed by atoms with E-state index in [-0.39, 0.29) is 12.0 Å². The Hall–Kier alpha value is -2.59. The van der Waals surface area contributed by atoms with Gasteiger partial charge in [-0.2, -0.15) is 0 Å². The Morgan fingerprint density at radius 1 is 1.07 bits per heavy atom. The Labute approximate surface area is 178 Å². The third-order valence-corrected chi connectivity index (χ3v) is 6.83. The number of para-hydroxylation sites is 1. The van der Waals surface area contributed by atoms with Crippen molar-refractivity contribution < 1.29 is 9.90 Å². The van der Waals surface area contributed by atoms with Crippen molar-refractivity contribution >= 4 is 16.8 Å². The minimum atomic E-state index is -0.291. The van der Waals surface area contributed by atoms with Gasteiger partial charge in [0.15, 0.2) is 0 Å². The number of aromatic nitrogens is 1. The molecule has 1 fully saturated rings. The smallest absolute Gasteiger partial charge is 0.229 e. The number of hydrogen-bond donors (Lipinski definition) is 2. The predicted octanol–water partition coefficient (Wildman–Crippen LogP) is 4.85. The van der Waals surface area contributed by atoms with Gasteiger partial charge < -0.3 is 15.0 Å². The molecule has 1 aliphatic heterocycles. The number of nitrogens with zero attached hydrogens (tertiary/aromatic N) is 1. The van der Waals surface area contributed by atoms with Crippen LogP contribution < -0.4 is 0 Å². The monoisotopic (exact) mass is 404 g/mol. The Morgan fingerprint density at radius 2 is 1.83 bits per heavy atom. The molecule has 3 aromatic rings. The zero-order valence-corrected chi connectivity index (χ0v) is 17.9. The number of carbonyl (C=O) groups is 1. The lowest BCUT2D eigenvalue weighted by Gasteiger charge is -2.41. The Balaban J connectivity index is 1.54. The van der Waals surface area contributed by atoms with Crippen molar-refractivity contribution in [2.75, 3.05) is 13.2 Å².